The molecule has 0 unspecified atom stereocenters. The van der Waals surface area contributed by atoms with Crippen molar-refractivity contribution in [1.29, 1.82) is 0 Å². The molecular weight excluding hydrogens is 442 g/mol. The van der Waals surface area contributed by atoms with E-state index >= 15 is 0 Å². The molecule has 2 saturated carbocycles. The number of hydrogen-bond donors (Lipinski definition) is 3. The van der Waals surface area contributed by atoms with Crippen LogP contribution in [-0.2, 0) is 4.79 Å². The Hall–Kier alpha value is -3.20. The molecule has 5 rings (SSSR count). The summed E-state index contributed by atoms with van der Waals surface area (Å²) >= 11 is 6.02. The number of anilines is 1. The minimum atomic E-state index is -0.148. The lowest BCUT2D eigenvalue weighted by atomic mass is 9.85. The summed E-state index contributed by atoms with van der Waals surface area (Å²) < 4.78 is 1.61. The van der Waals surface area contributed by atoms with Gasteiger partial charge in [-0.1, -0.05) is 11.6 Å². The van der Waals surface area contributed by atoms with Crippen LogP contribution in [0.3, 0.4) is 0 Å². The summed E-state index contributed by atoms with van der Waals surface area (Å²) in [7, 11) is 1.67. The molecule has 3 N–H and O–H groups in total. The van der Waals surface area contributed by atoms with Gasteiger partial charge in [-0.05, 0) is 44.6 Å². The second-order valence-electron chi connectivity index (χ2n) is 8.77. The Balaban J connectivity index is 1.36. The fourth-order valence-corrected chi connectivity index (χ4v) is 4.49. The maximum Gasteiger partial charge on any atom is 0.255 e. The molecule has 9 nitrogen and oxygen atoms in total. The highest BCUT2D eigenvalue weighted by atomic mass is 35.5. The van der Waals surface area contributed by atoms with Crippen molar-refractivity contribution in [3.63, 3.8) is 0 Å². The molecule has 2 amide bonds. The van der Waals surface area contributed by atoms with Gasteiger partial charge in [-0.15, -0.1) is 0 Å². The van der Waals surface area contributed by atoms with Crippen molar-refractivity contribution in [3.05, 3.63) is 41.4 Å². The summed E-state index contributed by atoms with van der Waals surface area (Å²) in [4.78, 5) is 33.9. The summed E-state index contributed by atoms with van der Waals surface area (Å²) in [5.41, 5.74) is 3.38. The Bertz CT molecular complexity index is 1200. The predicted molar refractivity (Wildman–Crippen MR) is 125 cm³/mol. The number of carbonyl (C=O) groups is 2. The Morgan fingerprint density at radius 3 is 2.52 bits per heavy atom. The normalized spacial score (nSPS) is 20.4. The molecule has 10 heteroatoms. The first-order valence-corrected chi connectivity index (χ1v) is 11.7. The quantitative estimate of drug-likeness (QED) is 0.513. The maximum atomic E-state index is 13.1. The number of amides is 2. The van der Waals surface area contributed by atoms with Crippen LogP contribution in [0.15, 0.2) is 30.9 Å². The topological polar surface area (TPSA) is 113 Å². The van der Waals surface area contributed by atoms with E-state index in [1.807, 2.05) is 6.07 Å². The fraction of sp³-hybridized carbons (Fsp3) is 0.435. The van der Waals surface area contributed by atoms with Crippen LogP contribution in [0.1, 0.15) is 48.9 Å². The second-order valence-corrected chi connectivity index (χ2v) is 9.21. The fourth-order valence-electron chi connectivity index (χ4n) is 4.35. The lowest BCUT2D eigenvalue weighted by Crippen LogP contribution is -2.40. The highest BCUT2D eigenvalue weighted by Crippen LogP contribution is 2.31. The summed E-state index contributed by atoms with van der Waals surface area (Å²) in [6, 6.07) is 2.32. The minimum Gasteiger partial charge on any atom is -0.382 e. The molecule has 0 saturated heterocycles. The average Bonchev–Trinajstić information content (AvgIpc) is 3.54. The van der Waals surface area contributed by atoms with Crippen molar-refractivity contribution in [1.82, 2.24) is 30.2 Å². The Morgan fingerprint density at radius 1 is 1.03 bits per heavy atom. The third kappa shape index (κ3) is 4.64. The van der Waals surface area contributed by atoms with Gasteiger partial charge in [-0.25, -0.2) is 9.50 Å². The largest absolute Gasteiger partial charge is 0.382 e. The van der Waals surface area contributed by atoms with Crippen molar-refractivity contribution in [2.45, 2.75) is 50.6 Å². The van der Waals surface area contributed by atoms with Crippen LogP contribution < -0.4 is 16.0 Å². The van der Waals surface area contributed by atoms with Gasteiger partial charge in [0.25, 0.3) is 5.91 Å². The molecule has 2 aliphatic carbocycles. The number of halogens is 1. The van der Waals surface area contributed by atoms with E-state index in [2.05, 4.69) is 31.0 Å². The van der Waals surface area contributed by atoms with Crippen LogP contribution in [0.5, 0.6) is 0 Å². The summed E-state index contributed by atoms with van der Waals surface area (Å²) in [6.45, 7) is 0. The van der Waals surface area contributed by atoms with Gasteiger partial charge in [0, 0.05) is 37.4 Å². The lowest BCUT2D eigenvalue weighted by molar-refractivity contribution is -0.125. The van der Waals surface area contributed by atoms with Gasteiger partial charge in [-0.2, -0.15) is 5.10 Å². The first-order chi connectivity index (χ1) is 16.0. The zero-order valence-electron chi connectivity index (χ0n) is 18.3. The maximum absolute atomic E-state index is 13.1. The first kappa shape index (κ1) is 21.6. The zero-order valence-corrected chi connectivity index (χ0v) is 19.1. The van der Waals surface area contributed by atoms with E-state index in [9.17, 15) is 9.59 Å². The van der Waals surface area contributed by atoms with Crippen LogP contribution in [0.4, 0.5) is 5.69 Å². The monoisotopic (exact) mass is 467 g/mol. The minimum absolute atomic E-state index is 0.0329. The SMILES string of the molecule is CNC(=O)[C@H]1CC[C@H](NC(=O)c2cnc(-c3cnn4cc(Cl)cnc34)cc2NC2CC2)CC1. The third-order valence-electron chi connectivity index (χ3n) is 6.37. The van der Waals surface area contributed by atoms with Gasteiger partial charge in [0.15, 0.2) is 5.65 Å². The van der Waals surface area contributed by atoms with E-state index < -0.39 is 0 Å². The number of pyridine rings is 1. The molecule has 0 aliphatic heterocycles. The molecule has 0 radical (unpaired) electrons. The molecule has 0 aromatic carbocycles. The standard InChI is InChI=1S/C23H26ClN7O2/c1-25-22(32)13-2-4-16(5-3-13)30-23(33)18-10-26-19(8-20(18)29-15-6-7-15)17-11-28-31-12-14(24)9-27-21(17)31/h8-13,15-16H,2-7H2,1H3,(H,25,32)(H,26,29)(H,30,33)/t13-,16-. The molecule has 2 aliphatic rings. The molecule has 0 spiro atoms. The van der Waals surface area contributed by atoms with Crippen LogP contribution in [-0.4, -0.2) is 50.5 Å². The Morgan fingerprint density at radius 2 is 1.79 bits per heavy atom. The molecule has 3 aromatic rings. The molecule has 3 aromatic heterocycles. The highest BCUT2D eigenvalue weighted by molar-refractivity contribution is 6.30. The van der Waals surface area contributed by atoms with E-state index in [1.165, 1.54) is 0 Å². The molecule has 172 valence electrons. The van der Waals surface area contributed by atoms with Gasteiger partial charge in [0.2, 0.25) is 5.91 Å². The van der Waals surface area contributed by atoms with Crippen molar-refractivity contribution in [2.75, 3.05) is 12.4 Å². The smallest absolute Gasteiger partial charge is 0.255 e. The third-order valence-corrected chi connectivity index (χ3v) is 6.56. The van der Waals surface area contributed by atoms with Crippen molar-refractivity contribution in [3.8, 4) is 11.3 Å². The molecule has 33 heavy (non-hydrogen) atoms. The van der Waals surface area contributed by atoms with E-state index in [0.717, 1.165) is 49.8 Å². The summed E-state index contributed by atoms with van der Waals surface area (Å²) in [5.74, 6) is -0.0316. The van der Waals surface area contributed by atoms with Crippen LogP contribution in [0, 0.1) is 5.92 Å². The van der Waals surface area contributed by atoms with E-state index in [-0.39, 0.29) is 23.8 Å². The number of hydrogen-bond acceptors (Lipinski definition) is 6. The number of nitrogens with one attached hydrogen (secondary N) is 3. The Labute approximate surface area is 196 Å². The number of aromatic nitrogens is 4. The van der Waals surface area contributed by atoms with E-state index in [0.29, 0.717) is 28.0 Å². The predicted octanol–water partition coefficient (Wildman–Crippen LogP) is 3.05. The number of carbonyl (C=O) groups excluding carboxylic acids is 2. The second kappa shape index (κ2) is 8.97. The van der Waals surface area contributed by atoms with E-state index in [4.69, 9.17) is 11.6 Å². The van der Waals surface area contributed by atoms with Crippen molar-refractivity contribution < 1.29 is 9.59 Å². The lowest BCUT2D eigenvalue weighted by Gasteiger charge is -2.28. The number of nitrogens with zero attached hydrogens (tertiary/aromatic N) is 4. The first-order valence-electron chi connectivity index (χ1n) is 11.3. The summed E-state index contributed by atoms with van der Waals surface area (Å²) in [6.07, 6.45) is 11.9. The van der Waals surface area contributed by atoms with Gasteiger partial charge in [-0.3, -0.25) is 14.6 Å². The molecule has 0 atom stereocenters. The Kier molecular flexibility index (Phi) is 5.88. The van der Waals surface area contributed by atoms with Crippen LogP contribution >= 0.6 is 11.6 Å². The highest BCUT2D eigenvalue weighted by Gasteiger charge is 2.28. The van der Waals surface area contributed by atoms with Crippen LogP contribution in [0.2, 0.25) is 5.02 Å². The van der Waals surface area contributed by atoms with Gasteiger partial charge >= 0.3 is 0 Å². The van der Waals surface area contributed by atoms with Gasteiger partial charge < -0.3 is 16.0 Å². The molecule has 2 fully saturated rings. The average molecular weight is 468 g/mol. The van der Waals surface area contributed by atoms with E-state index in [1.54, 1.807) is 36.4 Å². The zero-order chi connectivity index (χ0) is 22.9. The molecular formula is C23H26ClN7O2. The summed E-state index contributed by atoms with van der Waals surface area (Å²) in [5, 5.41) is 14.1. The van der Waals surface area contributed by atoms with Crippen molar-refractivity contribution in [2.24, 2.45) is 5.92 Å². The number of fused-ring (bicyclic) bond motifs is 1. The van der Waals surface area contributed by atoms with Gasteiger partial charge in [0.05, 0.1) is 39.9 Å². The van der Waals surface area contributed by atoms with Gasteiger partial charge in [0.1, 0.15) is 0 Å². The van der Waals surface area contributed by atoms with Crippen LogP contribution in [0.25, 0.3) is 16.9 Å². The molecule has 0 bridgehead atoms. The molecule has 3 heterocycles. The van der Waals surface area contributed by atoms with Crippen molar-refractivity contribution >= 4 is 34.7 Å². The number of rotatable bonds is 6.